The first-order valence-electron chi connectivity index (χ1n) is 3.52. The van der Waals surface area contributed by atoms with Gasteiger partial charge in [0.2, 0.25) is 5.91 Å². The fraction of sp³-hybridized carbons (Fsp3) is 0.571. The fourth-order valence-corrected chi connectivity index (χ4v) is 3.33. The maximum atomic E-state index is 10.9. The number of carbonyl (C=O) groups is 1. The van der Waals surface area contributed by atoms with Gasteiger partial charge in [0.1, 0.15) is 0 Å². The minimum Gasteiger partial charge on any atom is -0.306 e. The molecule has 1 fully saturated rings. The summed E-state index contributed by atoms with van der Waals surface area (Å²) >= 11 is 4.27. The number of thioether (sulfide) groups is 1. The molecule has 2 atom stereocenters. The van der Waals surface area contributed by atoms with Crippen molar-refractivity contribution in [2.75, 3.05) is 4.43 Å². The van der Waals surface area contributed by atoms with Crippen LogP contribution in [0.2, 0.25) is 0 Å². The van der Waals surface area contributed by atoms with Crippen molar-refractivity contribution >= 4 is 40.3 Å². The van der Waals surface area contributed by atoms with Crippen LogP contribution in [0.15, 0.2) is 12.3 Å². The minimum atomic E-state index is 0.269. The Morgan fingerprint density at radius 1 is 1.82 bits per heavy atom. The molecular formula is C7H8INOS. The zero-order valence-electron chi connectivity index (χ0n) is 5.87. The highest BCUT2D eigenvalue weighted by Crippen LogP contribution is 2.37. The van der Waals surface area contributed by atoms with Crippen molar-refractivity contribution < 1.29 is 4.79 Å². The summed E-state index contributed by atoms with van der Waals surface area (Å²) in [5.74, 6) is 0.269. The number of rotatable bonds is 1. The van der Waals surface area contributed by atoms with Gasteiger partial charge in [-0.05, 0) is 0 Å². The van der Waals surface area contributed by atoms with Gasteiger partial charge in [0.05, 0.1) is 11.8 Å². The van der Waals surface area contributed by atoms with E-state index in [0.717, 1.165) is 10.8 Å². The van der Waals surface area contributed by atoms with E-state index in [9.17, 15) is 4.79 Å². The summed E-state index contributed by atoms with van der Waals surface area (Å²) < 4.78 is 1.14. The summed E-state index contributed by atoms with van der Waals surface area (Å²) in [6.45, 7) is 0. The van der Waals surface area contributed by atoms with E-state index in [0.29, 0.717) is 10.6 Å². The lowest BCUT2D eigenvalue weighted by atomic mass is 10.2. The molecule has 0 aromatic heterocycles. The first kappa shape index (κ1) is 7.91. The monoisotopic (exact) mass is 281 g/mol. The molecule has 0 bridgehead atoms. The number of hydrogen-bond acceptors (Lipinski definition) is 2. The van der Waals surface area contributed by atoms with E-state index in [1.165, 1.54) is 0 Å². The number of hydrogen-bond donors (Lipinski definition) is 0. The van der Waals surface area contributed by atoms with Crippen LogP contribution in [0.3, 0.4) is 0 Å². The number of alkyl halides is 1. The van der Waals surface area contributed by atoms with Gasteiger partial charge in [-0.25, -0.2) is 0 Å². The Morgan fingerprint density at radius 3 is 3.18 bits per heavy atom. The number of nitrogens with zero attached hydrogens (tertiary/aromatic N) is 1. The fourth-order valence-electron chi connectivity index (χ4n) is 1.22. The van der Waals surface area contributed by atoms with Crippen molar-refractivity contribution in [2.24, 2.45) is 0 Å². The second kappa shape index (κ2) is 2.97. The molecule has 0 radical (unpaired) electrons. The summed E-state index contributed by atoms with van der Waals surface area (Å²) in [5, 5.41) is 1.07. The third-order valence-electron chi connectivity index (χ3n) is 1.89. The van der Waals surface area contributed by atoms with Crippen LogP contribution in [0.25, 0.3) is 0 Å². The van der Waals surface area contributed by atoms with Gasteiger partial charge in [-0.2, -0.15) is 0 Å². The van der Waals surface area contributed by atoms with E-state index in [1.54, 1.807) is 0 Å². The highest BCUT2D eigenvalue weighted by molar-refractivity contribution is 14.1. The normalized spacial score (nSPS) is 35.0. The molecule has 1 amide bonds. The van der Waals surface area contributed by atoms with E-state index in [-0.39, 0.29) is 5.91 Å². The molecular weight excluding hydrogens is 273 g/mol. The summed E-state index contributed by atoms with van der Waals surface area (Å²) in [5.41, 5.74) is 0. The molecule has 11 heavy (non-hydrogen) atoms. The molecule has 0 N–H and O–H groups in total. The lowest BCUT2D eigenvalue weighted by Crippen LogP contribution is -2.49. The van der Waals surface area contributed by atoms with Crippen LogP contribution in [0.5, 0.6) is 0 Å². The Balaban J connectivity index is 2.06. The number of β-lactam (4-membered cyclic amide) rings is 1. The number of halogens is 1. The zero-order chi connectivity index (χ0) is 7.84. The molecule has 0 aromatic rings. The van der Waals surface area contributed by atoms with Gasteiger partial charge in [-0.3, -0.25) is 4.79 Å². The quantitative estimate of drug-likeness (QED) is 0.413. The molecule has 2 rings (SSSR count). The largest absolute Gasteiger partial charge is 0.306 e. The first-order chi connectivity index (χ1) is 5.31. The number of carbonyl (C=O) groups excluding carboxylic acids is 1. The molecule has 60 valence electrons. The Bertz CT molecular complexity index is 218. The average molecular weight is 281 g/mol. The van der Waals surface area contributed by atoms with Gasteiger partial charge < -0.3 is 4.90 Å². The van der Waals surface area contributed by atoms with Crippen molar-refractivity contribution in [3.8, 4) is 0 Å². The maximum absolute atomic E-state index is 10.9. The molecule has 2 heterocycles. The summed E-state index contributed by atoms with van der Waals surface area (Å²) in [6, 6.07) is 0. The minimum absolute atomic E-state index is 0.269. The molecule has 0 aromatic carbocycles. The van der Waals surface area contributed by atoms with Gasteiger partial charge in [0.25, 0.3) is 0 Å². The summed E-state index contributed by atoms with van der Waals surface area (Å²) in [4.78, 5) is 12.7. The van der Waals surface area contributed by atoms with Crippen LogP contribution in [0, 0.1) is 0 Å². The molecule has 0 saturated carbocycles. The zero-order valence-corrected chi connectivity index (χ0v) is 8.84. The van der Waals surface area contributed by atoms with Crippen LogP contribution in [-0.2, 0) is 4.79 Å². The van der Waals surface area contributed by atoms with Crippen molar-refractivity contribution in [1.29, 1.82) is 0 Å². The third-order valence-corrected chi connectivity index (χ3v) is 4.82. The van der Waals surface area contributed by atoms with Crippen molar-refractivity contribution in [1.82, 2.24) is 4.90 Å². The Morgan fingerprint density at radius 2 is 2.64 bits per heavy atom. The molecule has 0 aliphatic carbocycles. The lowest BCUT2D eigenvalue weighted by molar-refractivity contribution is -0.137. The lowest BCUT2D eigenvalue weighted by Gasteiger charge is -2.41. The van der Waals surface area contributed by atoms with Crippen LogP contribution in [-0.4, -0.2) is 25.9 Å². The molecule has 0 spiro atoms. The predicted molar refractivity (Wildman–Crippen MR) is 54.7 cm³/mol. The van der Waals surface area contributed by atoms with Gasteiger partial charge in [-0.1, -0.05) is 28.7 Å². The number of fused-ring (bicyclic) bond motifs is 1. The summed E-state index contributed by atoms with van der Waals surface area (Å²) in [6.07, 6.45) is 4.79. The molecule has 2 aliphatic heterocycles. The highest BCUT2D eigenvalue weighted by atomic mass is 127. The van der Waals surface area contributed by atoms with Crippen molar-refractivity contribution in [2.45, 2.75) is 17.0 Å². The van der Waals surface area contributed by atoms with Crippen LogP contribution >= 0.6 is 34.4 Å². The van der Waals surface area contributed by atoms with E-state index in [2.05, 4.69) is 28.7 Å². The number of amides is 1. The van der Waals surface area contributed by atoms with Crippen LogP contribution in [0.4, 0.5) is 0 Å². The van der Waals surface area contributed by atoms with Crippen molar-refractivity contribution in [3.05, 3.63) is 12.3 Å². The van der Waals surface area contributed by atoms with Gasteiger partial charge >= 0.3 is 0 Å². The molecule has 2 nitrogen and oxygen atoms in total. The first-order valence-corrected chi connectivity index (χ1v) is 5.99. The predicted octanol–water partition coefficient (Wildman–Crippen LogP) is 1.61. The van der Waals surface area contributed by atoms with E-state index in [1.807, 2.05) is 22.9 Å². The SMILES string of the molecule is O=C1C[C@H]2SC(CI)C=CN12. The Labute approximate surface area is 83.5 Å². The van der Waals surface area contributed by atoms with Gasteiger partial charge in [0.15, 0.2) is 0 Å². The van der Waals surface area contributed by atoms with Gasteiger partial charge in [-0.15, -0.1) is 11.8 Å². The molecule has 4 heteroatoms. The second-order valence-electron chi connectivity index (χ2n) is 2.63. The highest BCUT2D eigenvalue weighted by Gasteiger charge is 2.38. The average Bonchev–Trinajstić information content (AvgIpc) is 2.02. The molecule has 2 aliphatic rings. The van der Waals surface area contributed by atoms with E-state index in [4.69, 9.17) is 0 Å². The Kier molecular flexibility index (Phi) is 2.14. The van der Waals surface area contributed by atoms with Crippen LogP contribution in [0.1, 0.15) is 6.42 Å². The smallest absolute Gasteiger partial charge is 0.230 e. The van der Waals surface area contributed by atoms with E-state index >= 15 is 0 Å². The third kappa shape index (κ3) is 1.30. The van der Waals surface area contributed by atoms with E-state index < -0.39 is 0 Å². The maximum Gasteiger partial charge on any atom is 0.230 e. The standard InChI is InChI=1S/C7H8INOS/c8-4-5-1-2-9-6(10)3-7(9)11-5/h1-2,5,7H,3-4H2/t5?,7-/m1/s1. The second-order valence-corrected chi connectivity index (χ2v) is 4.93. The molecule has 1 unspecified atom stereocenters. The van der Waals surface area contributed by atoms with Gasteiger partial charge in [0, 0.05) is 15.9 Å². The Hall–Kier alpha value is 0.290. The van der Waals surface area contributed by atoms with Crippen LogP contribution < -0.4 is 0 Å². The van der Waals surface area contributed by atoms with Crippen molar-refractivity contribution in [3.63, 3.8) is 0 Å². The topological polar surface area (TPSA) is 20.3 Å². The molecule has 1 saturated heterocycles. The summed E-state index contributed by atoms with van der Waals surface area (Å²) in [7, 11) is 0.